The molecule has 0 aliphatic heterocycles. The summed E-state index contributed by atoms with van der Waals surface area (Å²) >= 11 is 0. The largest absolute Gasteiger partial charge is 0.496 e. The third kappa shape index (κ3) is 2.77. The van der Waals surface area contributed by atoms with Crippen LogP contribution in [-0.4, -0.2) is 29.7 Å². The fourth-order valence-corrected chi connectivity index (χ4v) is 3.00. The van der Waals surface area contributed by atoms with E-state index in [1.807, 2.05) is 32.9 Å². The number of nitrogens with zero attached hydrogens (tertiary/aromatic N) is 2. The second kappa shape index (κ2) is 6.43. The molecule has 3 rings (SSSR count). The Morgan fingerprint density at radius 2 is 2.12 bits per heavy atom. The number of aryl methyl sites for hydroxylation is 2. The molecule has 0 aliphatic carbocycles. The first-order valence-corrected chi connectivity index (χ1v) is 7.95. The summed E-state index contributed by atoms with van der Waals surface area (Å²) in [5, 5.41) is 7.98. The SMILES string of the molecule is CCNc1c(C(N)=O)cnc2cc(-c3c(C)noc3C)c(OC)cc12. The van der Waals surface area contributed by atoms with Gasteiger partial charge in [0.25, 0.3) is 5.91 Å². The van der Waals surface area contributed by atoms with E-state index in [-0.39, 0.29) is 0 Å². The van der Waals surface area contributed by atoms with Gasteiger partial charge in [-0.2, -0.15) is 0 Å². The highest BCUT2D eigenvalue weighted by molar-refractivity contribution is 6.07. The van der Waals surface area contributed by atoms with Gasteiger partial charge in [-0.3, -0.25) is 9.78 Å². The summed E-state index contributed by atoms with van der Waals surface area (Å²) in [6, 6.07) is 3.76. The smallest absolute Gasteiger partial charge is 0.252 e. The summed E-state index contributed by atoms with van der Waals surface area (Å²) in [6.07, 6.45) is 1.49. The van der Waals surface area contributed by atoms with Gasteiger partial charge in [0.1, 0.15) is 11.5 Å². The van der Waals surface area contributed by atoms with E-state index in [0.717, 1.165) is 27.7 Å². The number of rotatable bonds is 5. The van der Waals surface area contributed by atoms with Gasteiger partial charge < -0.3 is 20.3 Å². The number of fused-ring (bicyclic) bond motifs is 1. The summed E-state index contributed by atoms with van der Waals surface area (Å²) in [7, 11) is 1.60. The molecular weight excluding hydrogens is 320 g/mol. The third-order valence-corrected chi connectivity index (χ3v) is 4.11. The first kappa shape index (κ1) is 16.8. The van der Waals surface area contributed by atoms with Crippen LogP contribution in [0, 0.1) is 13.8 Å². The predicted molar refractivity (Wildman–Crippen MR) is 95.9 cm³/mol. The minimum atomic E-state index is -0.529. The lowest BCUT2D eigenvalue weighted by molar-refractivity contribution is 0.100. The first-order chi connectivity index (χ1) is 12.0. The van der Waals surface area contributed by atoms with Crippen molar-refractivity contribution in [1.82, 2.24) is 10.1 Å². The molecule has 2 heterocycles. The minimum Gasteiger partial charge on any atom is -0.496 e. The summed E-state index contributed by atoms with van der Waals surface area (Å²) in [5.74, 6) is 0.819. The van der Waals surface area contributed by atoms with Crippen molar-refractivity contribution in [3.8, 4) is 16.9 Å². The van der Waals surface area contributed by atoms with Gasteiger partial charge in [0.15, 0.2) is 0 Å². The van der Waals surface area contributed by atoms with Gasteiger partial charge in [-0.15, -0.1) is 0 Å². The monoisotopic (exact) mass is 340 g/mol. The van der Waals surface area contributed by atoms with Gasteiger partial charge in [0.05, 0.1) is 35.1 Å². The van der Waals surface area contributed by atoms with E-state index in [4.69, 9.17) is 15.0 Å². The lowest BCUT2D eigenvalue weighted by Gasteiger charge is -2.15. The molecule has 3 N–H and O–H groups in total. The normalized spacial score (nSPS) is 10.9. The Hall–Kier alpha value is -3.09. The van der Waals surface area contributed by atoms with E-state index in [1.54, 1.807) is 7.11 Å². The summed E-state index contributed by atoms with van der Waals surface area (Å²) < 4.78 is 10.9. The standard InChI is InChI=1S/C18H20N4O3/c1-5-20-17-11-7-15(24-4)12(16-9(2)22-25-10(16)3)6-14(11)21-8-13(17)18(19)23/h6-8H,5H2,1-4H3,(H2,19,23)(H,20,21). The van der Waals surface area contributed by atoms with Crippen LogP contribution in [0.25, 0.3) is 22.0 Å². The Bertz CT molecular complexity index is 943. The molecule has 2 aromatic heterocycles. The number of hydrogen-bond donors (Lipinski definition) is 2. The molecule has 0 unspecified atom stereocenters. The molecule has 0 saturated carbocycles. The number of primary amides is 1. The van der Waals surface area contributed by atoms with E-state index in [9.17, 15) is 4.79 Å². The molecule has 0 aliphatic rings. The van der Waals surface area contributed by atoms with E-state index in [0.29, 0.717) is 29.3 Å². The molecule has 7 nitrogen and oxygen atoms in total. The fourth-order valence-electron chi connectivity index (χ4n) is 3.00. The van der Waals surface area contributed by atoms with Crippen LogP contribution in [0.15, 0.2) is 22.9 Å². The van der Waals surface area contributed by atoms with Crippen molar-refractivity contribution >= 4 is 22.5 Å². The van der Waals surface area contributed by atoms with Crippen LogP contribution in [0.1, 0.15) is 28.7 Å². The van der Waals surface area contributed by atoms with Crippen LogP contribution in [-0.2, 0) is 0 Å². The van der Waals surface area contributed by atoms with Gasteiger partial charge in [-0.25, -0.2) is 0 Å². The van der Waals surface area contributed by atoms with Crippen LogP contribution in [0.3, 0.4) is 0 Å². The van der Waals surface area contributed by atoms with Crippen molar-refractivity contribution in [2.75, 3.05) is 19.0 Å². The zero-order valence-electron chi connectivity index (χ0n) is 14.6. The molecule has 0 saturated heterocycles. The highest BCUT2D eigenvalue weighted by Gasteiger charge is 2.20. The topological polar surface area (TPSA) is 103 Å². The van der Waals surface area contributed by atoms with Gasteiger partial charge >= 0.3 is 0 Å². The lowest BCUT2D eigenvalue weighted by atomic mass is 9.99. The fraction of sp³-hybridized carbons (Fsp3) is 0.278. The second-order valence-electron chi connectivity index (χ2n) is 5.71. The number of pyridine rings is 1. The van der Waals surface area contributed by atoms with Crippen LogP contribution >= 0.6 is 0 Å². The first-order valence-electron chi connectivity index (χ1n) is 7.95. The van der Waals surface area contributed by atoms with Gasteiger partial charge in [0, 0.05) is 23.7 Å². The zero-order chi connectivity index (χ0) is 18.1. The molecule has 1 amide bonds. The third-order valence-electron chi connectivity index (χ3n) is 4.11. The molecule has 130 valence electrons. The molecule has 0 atom stereocenters. The minimum absolute atomic E-state index is 0.349. The van der Waals surface area contributed by atoms with E-state index in [1.165, 1.54) is 6.20 Å². The maximum absolute atomic E-state index is 11.7. The molecule has 7 heteroatoms. The van der Waals surface area contributed by atoms with Crippen LogP contribution in [0.2, 0.25) is 0 Å². The summed E-state index contributed by atoms with van der Waals surface area (Å²) in [4.78, 5) is 16.1. The number of benzene rings is 1. The number of nitrogens with two attached hydrogens (primary N) is 1. The zero-order valence-corrected chi connectivity index (χ0v) is 14.6. The number of methoxy groups -OCH3 is 1. The number of hydrogen-bond acceptors (Lipinski definition) is 6. The number of ether oxygens (including phenoxy) is 1. The van der Waals surface area contributed by atoms with Gasteiger partial charge in [0.2, 0.25) is 0 Å². The molecule has 25 heavy (non-hydrogen) atoms. The van der Waals surface area contributed by atoms with E-state index in [2.05, 4.69) is 15.5 Å². The molecule has 3 aromatic rings. The second-order valence-corrected chi connectivity index (χ2v) is 5.71. The Morgan fingerprint density at radius 1 is 1.36 bits per heavy atom. The number of carbonyl (C=O) groups excluding carboxylic acids is 1. The maximum Gasteiger partial charge on any atom is 0.252 e. The Labute approximate surface area is 145 Å². The van der Waals surface area contributed by atoms with Crippen molar-refractivity contribution in [3.05, 3.63) is 35.3 Å². The molecule has 1 aromatic carbocycles. The molecule has 0 radical (unpaired) electrons. The summed E-state index contributed by atoms with van der Waals surface area (Å²) in [6.45, 7) is 6.33. The summed E-state index contributed by atoms with van der Waals surface area (Å²) in [5.41, 5.74) is 9.70. The maximum atomic E-state index is 11.7. The van der Waals surface area contributed by atoms with Crippen molar-refractivity contribution in [3.63, 3.8) is 0 Å². The Kier molecular flexibility index (Phi) is 4.31. The number of anilines is 1. The molecule has 0 spiro atoms. The van der Waals surface area contributed by atoms with Gasteiger partial charge in [-0.05, 0) is 32.9 Å². The number of carbonyl (C=O) groups is 1. The average Bonchev–Trinajstić information content (AvgIpc) is 2.92. The van der Waals surface area contributed by atoms with Crippen molar-refractivity contribution in [2.45, 2.75) is 20.8 Å². The Balaban J connectivity index is 2.34. The average molecular weight is 340 g/mol. The molecule has 0 fully saturated rings. The lowest BCUT2D eigenvalue weighted by Crippen LogP contribution is -2.15. The van der Waals surface area contributed by atoms with E-state index >= 15 is 0 Å². The van der Waals surface area contributed by atoms with Crippen molar-refractivity contribution in [2.24, 2.45) is 5.73 Å². The number of nitrogens with one attached hydrogen (secondary N) is 1. The van der Waals surface area contributed by atoms with Crippen molar-refractivity contribution < 1.29 is 14.1 Å². The van der Waals surface area contributed by atoms with Crippen LogP contribution in [0.4, 0.5) is 5.69 Å². The quantitative estimate of drug-likeness (QED) is 0.740. The predicted octanol–water partition coefficient (Wildman–Crippen LogP) is 3.05. The van der Waals surface area contributed by atoms with Crippen molar-refractivity contribution in [1.29, 1.82) is 0 Å². The van der Waals surface area contributed by atoms with Gasteiger partial charge in [-0.1, -0.05) is 5.16 Å². The highest BCUT2D eigenvalue weighted by atomic mass is 16.5. The van der Waals surface area contributed by atoms with Crippen LogP contribution in [0.5, 0.6) is 5.75 Å². The molecular formula is C18H20N4O3. The number of aromatic nitrogens is 2. The highest BCUT2D eigenvalue weighted by Crippen LogP contribution is 2.39. The number of amides is 1. The van der Waals surface area contributed by atoms with E-state index < -0.39 is 5.91 Å². The van der Waals surface area contributed by atoms with Crippen LogP contribution < -0.4 is 15.8 Å². The molecule has 0 bridgehead atoms. The Morgan fingerprint density at radius 3 is 2.68 bits per heavy atom.